The minimum absolute atomic E-state index is 0.00189. The number of fused-ring (bicyclic) bond motifs is 2. The summed E-state index contributed by atoms with van der Waals surface area (Å²) in [6, 6.07) is 0. The van der Waals surface area contributed by atoms with Crippen LogP contribution in [-0.2, 0) is 16.0 Å². The third-order valence-corrected chi connectivity index (χ3v) is 15.0. The molecule has 0 fully saturated rings. The Kier molecular flexibility index (Phi) is 13.9. The monoisotopic (exact) mass is 996 g/mol. The quantitative estimate of drug-likeness (QED) is 0.0599. The maximum Gasteiger partial charge on any atom is 0.347 e. The summed E-state index contributed by atoms with van der Waals surface area (Å²) in [5, 5.41) is 44.9. The largest absolute Gasteiger partial charge is 0.495 e. The van der Waals surface area contributed by atoms with Gasteiger partial charge in [0.2, 0.25) is 0 Å². The number of carbonyl (C=O) groups excluding carboxylic acids is 4. The molecule has 2 aliphatic rings. The van der Waals surface area contributed by atoms with Gasteiger partial charge in [-0.15, -0.1) is 0 Å². The van der Waals surface area contributed by atoms with Crippen LogP contribution in [0.2, 0.25) is 0 Å². The number of Topliss-reactive ketones (excluding diaryl/α,β-unsaturated/α-hetero) is 1. The summed E-state index contributed by atoms with van der Waals surface area (Å²) < 4.78 is 46.7. The van der Waals surface area contributed by atoms with Crippen molar-refractivity contribution < 1.29 is 87.1 Å². The molecule has 6 rings (SSSR count). The lowest BCUT2D eigenvalue weighted by molar-refractivity contribution is -0.297. The first-order valence-corrected chi connectivity index (χ1v) is 22.7. The predicted molar refractivity (Wildman–Crippen MR) is 259 cm³/mol. The van der Waals surface area contributed by atoms with Crippen molar-refractivity contribution in [1.29, 1.82) is 0 Å². The third kappa shape index (κ3) is 7.61. The van der Waals surface area contributed by atoms with Crippen LogP contribution in [0.4, 0.5) is 0 Å². The van der Waals surface area contributed by atoms with E-state index in [1.165, 1.54) is 56.1 Å². The van der Waals surface area contributed by atoms with Crippen LogP contribution < -0.4 is 37.9 Å². The van der Waals surface area contributed by atoms with E-state index in [2.05, 4.69) is 0 Å². The number of carbonyl (C=O) groups is 6. The smallest absolute Gasteiger partial charge is 0.347 e. The van der Waals surface area contributed by atoms with Gasteiger partial charge in [-0.05, 0) is 153 Å². The van der Waals surface area contributed by atoms with Gasteiger partial charge in [0.15, 0.2) is 5.78 Å². The summed E-state index contributed by atoms with van der Waals surface area (Å²) >= 11 is 0. The Bertz CT molecular complexity index is 3150. The SMILES string of the molecule is COc1c(C)c(OC(=O)c2c(C)c(C)c(OC(=O)C3=C(C)[C@@](C)(O)[C@]4(O)Oc5c(C)c(OC)c(C(=O)Oc6c(C)c(C)c(C(=O)O)c(OC)c6C)c(C)c5C[C@]4(C)C3=O)c(C)c2OC)c(C)c(C)c1C(=O)O. The highest BCUT2D eigenvalue weighted by Crippen LogP contribution is 2.58. The van der Waals surface area contributed by atoms with Crippen LogP contribution in [-0.4, -0.2) is 95.9 Å². The molecule has 4 aromatic rings. The maximum atomic E-state index is 15.1. The highest BCUT2D eigenvalue weighted by atomic mass is 16.6. The Morgan fingerprint density at radius 1 is 0.458 bits per heavy atom. The van der Waals surface area contributed by atoms with Crippen molar-refractivity contribution in [2.75, 3.05) is 28.4 Å². The van der Waals surface area contributed by atoms with Crippen LogP contribution in [0.25, 0.3) is 0 Å². The fourth-order valence-corrected chi connectivity index (χ4v) is 10.4. The number of carboxylic acid groups (broad SMARTS) is 2. The van der Waals surface area contributed by atoms with E-state index in [-0.39, 0.29) is 118 Å². The standard InChI is InChI=1S/C54H60O18/c1-20-23(4)38(27(8)42(65-15)33(20)47(56)57)69-49(60)35-22(3)25(6)40(29(10)44(35)67-17)71-51(62)37-31(12)53(14,63)54(64)52(13,46(37)55)19-32-26(7)36(45(68-18)30(11)41(32)72-54)50(61)70-39-24(5)21(2)34(48(58)59)43(66-16)28(39)9/h63-64H,19H2,1-18H3,(H,56,57)(H,58,59)/t52-,53-,54-/m1/s1. The lowest BCUT2D eigenvalue weighted by atomic mass is 9.57. The molecule has 72 heavy (non-hydrogen) atoms. The van der Waals surface area contributed by atoms with E-state index in [9.17, 15) is 44.4 Å². The summed E-state index contributed by atoms with van der Waals surface area (Å²) in [7, 11) is 5.22. The van der Waals surface area contributed by atoms with Gasteiger partial charge in [0.25, 0.3) is 5.79 Å². The average molecular weight is 997 g/mol. The first-order chi connectivity index (χ1) is 33.4. The molecule has 18 heteroatoms. The third-order valence-electron chi connectivity index (χ3n) is 15.0. The second kappa shape index (κ2) is 18.6. The Hall–Kier alpha value is -7.44. The zero-order chi connectivity index (χ0) is 54.3. The topological polar surface area (TPSA) is 257 Å². The van der Waals surface area contributed by atoms with Gasteiger partial charge in [-0.25, -0.2) is 24.0 Å². The van der Waals surface area contributed by atoms with Gasteiger partial charge in [0.1, 0.15) is 84.8 Å². The van der Waals surface area contributed by atoms with Gasteiger partial charge in [0, 0.05) is 22.3 Å². The van der Waals surface area contributed by atoms with Crippen molar-refractivity contribution in [2.45, 2.75) is 115 Å². The molecule has 384 valence electrons. The van der Waals surface area contributed by atoms with Crippen LogP contribution in [0.1, 0.15) is 129 Å². The number of aliphatic hydroxyl groups is 2. The molecule has 4 N–H and O–H groups in total. The minimum Gasteiger partial charge on any atom is -0.495 e. The van der Waals surface area contributed by atoms with Crippen molar-refractivity contribution in [3.8, 4) is 46.0 Å². The molecule has 1 aliphatic heterocycles. The second-order valence-corrected chi connectivity index (χ2v) is 18.7. The fourth-order valence-electron chi connectivity index (χ4n) is 10.4. The second-order valence-electron chi connectivity index (χ2n) is 18.7. The molecule has 4 aromatic carbocycles. The van der Waals surface area contributed by atoms with E-state index >= 15 is 4.79 Å². The molecule has 1 aliphatic carbocycles. The summed E-state index contributed by atoms with van der Waals surface area (Å²) in [6.07, 6.45) is -0.391. The molecule has 0 bridgehead atoms. The summed E-state index contributed by atoms with van der Waals surface area (Å²) in [6.45, 7) is 21.1. The number of ether oxygens (including phenoxy) is 8. The first-order valence-electron chi connectivity index (χ1n) is 22.7. The average Bonchev–Trinajstić information content (AvgIpc) is 3.31. The van der Waals surface area contributed by atoms with Gasteiger partial charge in [-0.1, -0.05) is 0 Å². The Morgan fingerprint density at radius 2 is 0.792 bits per heavy atom. The number of esters is 3. The van der Waals surface area contributed by atoms with Crippen LogP contribution in [0.15, 0.2) is 11.1 Å². The van der Waals surface area contributed by atoms with E-state index in [1.54, 1.807) is 69.2 Å². The normalized spacial score (nSPS) is 19.1. The number of ketones is 1. The molecular formula is C54H60O18. The van der Waals surface area contributed by atoms with Crippen LogP contribution >= 0.6 is 0 Å². The van der Waals surface area contributed by atoms with Gasteiger partial charge in [-0.2, -0.15) is 0 Å². The zero-order valence-electron chi connectivity index (χ0n) is 43.7. The highest BCUT2D eigenvalue weighted by Gasteiger charge is 2.71. The van der Waals surface area contributed by atoms with Crippen LogP contribution in [0, 0.1) is 81.6 Å². The fraction of sp³-hybridized carbons (Fsp3) is 0.407. The number of aromatic carboxylic acids is 2. The van der Waals surface area contributed by atoms with E-state index in [4.69, 9.17) is 37.9 Å². The molecule has 0 spiro atoms. The molecule has 0 amide bonds. The first kappa shape index (κ1) is 53.9. The van der Waals surface area contributed by atoms with E-state index in [0.29, 0.717) is 22.3 Å². The molecule has 0 saturated carbocycles. The van der Waals surface area contributed by atoms with Crippen molar-refractivity contribution in [3.63, 3.8) is 0 Å². The van der Waals surface area contributed by atoms with Gasteiger partial charge >= 0.3 is 29.8 Å². The van der Waals surface area contributed by atoms with Crippen molar-refractivity contribution in [2.24, 2.45) is 5.41 Å². The predicted octanol–water partition coefficient (Wildman–Crippen LogP) is 7.83. The minimum atomic E-state index is -2.72. The summed E-state index contributed by atoms with van der Waals surface area (Å²) in [5.41, 5.74) is -2.48. The zero-order valence-corrected chi connectivity index (χ0v) is 43.7. The van der Waals surface area contributed by atoms with Crippen LogP contribution in [0.5, 0.6) is 46.0 Å². The van der Waals surface area contributed by atoms with Crippen molar-refractivity contribution in [3.05, 3.63) is 100 Å². The molecule has 0 radical (unpaired) electrons. The van der Waals surface area contributed by atoms with Crippen LogP contribution in [0.3, 0.4) is 0 Å². The van der Waals surface area contributed by atoms with Gasteiger partial charge < -0.3 is 58.3 Å². The van der Waals surface area contributed by atoms with E-state index < -0.39 is 64.4 Å². The number of hydrogen-bond donors (Lipinski definition) is 4. The maximum absolute atomic E-state index is 15.1. The lowest BCUT2D eigenvalue weighted by Crippen LogP contribution is -2.73. The Balaban J connectivity index is 1.41. The van der Waals surface area contributed by atoms with Gasteiger partial charge in [-0.3, -0.25) is 4.79 Å². The Morgan fingerprint density at radius 3 is 1.17 bits per heavy atom. The molecule has 0 unspecified atom stereocenters. The van der Waals surface area contributed by atoms with E-state index in [1.807, 2.05) is 0 Å². The number of rotatable bonds is 12. The van der Waals surface area contributed by atoms with E-state index in [0.717, 1.165) is 0 Å². The molecule has 0 saturated heterocycles. The Labute approximate surface area is 416 Å². The lowest BCUT2D eigenvalue weighted by Gasteiger charge is -2.56. The number of benzene rings is 4. The van der Waals surface area contributed by atoms with Gasteiger partial charge in [0.05, 0.1) is 28.4 Å². The molecular weight excluding hydrogens is 937 g/mol. The van der Waals surface area contributed by atoms with Crippen molar-refractivity contribution >= 4 is 35.6 Å². The molecule has 18 nitrogen and oxygen atoms in total. The van der Waals surface area contributed by atoms with Crippen molar-refractivity contribution in [1.82, 2.24) is 0 Å². The molecule has 0 aromatic heterocycles. The number of carboxylic acids is 2. The molecule has 1 heterocycles. The number of hydrogen-bond acceptors (Lipinski definition) is 16. The number of methoxy groups -OCH3 is 4. The summed E-state index contributed by atoms with van der Waals surface area (Å²) in [5.74, 6) is -9.10. The highest BCUT2D eigenvalue weighted by molar-refractivity contribution is 6.22. The molecule has 3 atom stereocenters. The summed E-state index contributed by atoms with van der Waals surface area (Å²) in [4.78, 5) is 82.6.